The Bertz CT molecular complexity index is 1710. The minimum Gasteiger partial charge on any atom is -0.453 e. The summed E-state index contributed by atoms with van der Waals surface area (Å²) >= 11 is 0. The third-order valence-electron chi connectivity index (χ3n) is 6.69. The number of H-pyrrole nitrogens is 1. The minimum atomic E-state index is -1.41. The van der Waals surface area contributed by atoms with Gasteiger partial charge in [0.05, 0.1) is 6.20 Å². The first kappa shape index (κ1) is 27.8. The van der Waals surface area contributed by atoms with E-state index in [0.717, 1.165) is 34.4 Å². The van der Waals surface area contributed by atoms with Crippen molar-refractivity contribution in [1.82, 2.24) is 25.0 Å². The summed E-state index contributed by atoms with van der Waals surface area (Å²) < 4.78 is 17.1. The third kappa shape index (κ3) is 5.90. The number of aromatic amines is 1. The van der Waals surface area contributed by atoms with E-state index in [1.54, 1.807) is 31.5 Å². The molecule has 0 atom stereocenters. The quantitative estimate of drug-likeness (QED) is 0.231. The highest BCUT2D eigenvalue weighted by Gasteiger charge is 2.33. The second kappa shape index (κ2) is 11.4. The van der Waals surface area contributed by atoms with Crippen molar-refractivity contribution >= 4 is 5.97 Å². The molecular weight excluding hydrogens is 526 g/mol. The van der Waals surface area contributed by atoms with E-state index in [1.165, 1.54) is 0 Å². The average molecular weight is 558 g/mol. The van der Waals surface area contributed by atoms with E-state index in [0.29, 0.717) is 18.8 Å². The number of aryl methyl sites for hydroxylation is 2. The molecule has 0 bridgehead atoms. The number of rotatable bonds is 10. The Morgan fingerprint density at radius 3 is 2.44 bits per heavy atom. The van der Waals surface area contributed by atoms with Crippen LogP contribution < -0.4 is 5.82 Å². The zero-order valence-corrected chi connectivity index (χ0v) is 23.3. The first-order valence-corrected chi connectivity index (χ1v) is 13.3. The van der Waals surface area contributed by atoms with Crippen LogP contribution in [0, 0.1) is 6.92 Å². The lowest BCUT2D eigenvalue weighted by Gasteiger charge is -2.18. The molecule has 0 unspecified atom stereocenters. The minimum absolute atomic E-state index is 0.120. The molecule has 0 aliphatic heterocycles. The lowest BCUT2D eigenvalue weighted by atomic mass is 9.97. The Balaban J connectivity index is 1.48. The Hall–Kier alpha value is -4.77. The summed E-state index contributed by atoms with van der Waals surface area (Å²) in [6, 6.07) is 16.0. The summed E-state index contributed by atoms with van der Waals surface area (Å²) in [4.78, 5) is 29.5. The third-order valence-corrected chi connectivity index (χ3v) is 6.69. The van der Waals surface area contributed by atoms with Crippen molar-refractivity contribution in [3.8, 4) is 22.4 Å². The molecule has 0 fully saturated rings. The van der Waals surface area contributed by atoms with E-state index in [-0.39, 0.29) is 29.5 Å². The maximum atomic E-state index is 13.5. The highest BCUT2D eigenvalue weighted by atomic mass is 16.6. The molecule has 2 N–H and O–H groups in total. The van der Waals surface area contributed by atoms with Gasteiger partial charge in [0.25, 0.3) is 0 Å². The van der Waals surface area contributed by atoms with Crippen LogP contribution in [0.25, 0.3) is 22.4 Å². The van der Waals surface area contributed by atoms with Crippen LogP contribution in [-0.4, -0.2) is 36.0 Å². The topological polar surface area (TPSA) is 149 Å². The molecule has 0 amide bonds. The number of nitrogens with one attached hydrogen (secondary N) is 1. The van der Waals surface area contributed by atoms with E-state index in [1.807, 2.05) is 55.5 Å². The van der Waals surface area contributed by atoms with Crippen LogP contribution in [0.3, 0.4) is 0 Å². The van der Waals surface area contributed by atoms with Gasteiger partial charge in [0.1, 0.15) is 22.8 Å². The van der Waals surface area contributed by atoms with Crippen molar-refractivity contribution in [2.45, 2.75) is 59.3 Å². The Labute approximate surface area is 235 Å². The smallest absolute Gasteiger partial charge is 0.453 e. The van der Waals surface area contributed by atoms with E-state index < -0.39 is 17.4 Å². The van der Waals surface area contributed by atoms with Gasteiger partial charge in [0, 0.05) is 18.5 Å². The molecule has 3 aromatic heterocycles. The monoisotopic (exact) mass is 557 g/mol. The van der Waals surface area contributed by atoms with Crippen LogP contribution in [0.1, 0.15) is 66.3 Å². The lowest BCUT2D eigenvalue weighted by Crippen LogP contribution is -2.23. The number of ether oxygens (including phenoxy) is 1. The van der Waals surface area contributed by atoms with Gasteiger partial charge in [-0.25, -0.2) is 14.6 Å². The zero-order chi connectivity index (χ0) is 29.1. The van der Waals surface area contributed by atoms with Gasteiger partial charge in [0.15, 0.2) is 23.8 Å². The van der Waals surface area contributed by atoms with Crippen LogP contribution in [0.5, 0.6) is 0 Å². The maximum Gasteiger partial charge on any atom is 0.519 e. The number of carbonyl (C=O) groups is 1. The molecule has 5 aromatic rings. The van der Waals surface area contributed by atoms with Crippen LogP contribution >= 0.6 is 0 Å². The maximum absolute atomic E-state index is 13.5. The molecular formula is C30H31N5O6. The van der Waals surface area contributed by atoms with E-state index in [9.17, 15) is 14.7 Å². The van der Waals surface area contributed by atoms with Crippen molar-refractivity contribution < 1.29 is 23.5 Å². The Kier molecular flexibility index (Phi) is 7.71. The molecule has 0 saturated carbocycles. The fourth-order valence-electron chi connectivity index (χ4n) is 4.69. The van der Waals surface area contributed by atoms with Gasteiger partial charge >= 0.3 is 11.8 Å². The van der Waals surface area contributed by atoms with Crippen LogP contribution in [-0.2, 0) is 29.9 Å². The highest BCUT2D eigenvalue weighted by molar-refractivity contribution is 5.89. The van der Waals surface area contributed by atoms with E-state index >= 15 is 0 Å². The molecule has 3 heterocycles. The second-order valence-corrected chi connectivity index (χ2v) is 10.2. The first-order chi connectivity index (χ1) is 19.7. The number of aliphatic hydroxyl groups is 1. The fourth-order valence-corrected chi connectivity index (χ4v) is 4.69. The Morgan fingerprint density at radius 1 is 1.10 bits per heavy atom. The summed E-state index contributed by atoms with van der Waals surface area (Å²) in [7, 11) is 0. The molecule has 2 aromatic carbocycles. The van der Waals surface area contributed by atoms with Crippen molar-refractivity contribution in [2.24, 2.45) is 0 Å². The molecule has 0 spiro atoms. The van der Waals surface area contributed by atoms with Gasteiger partial charge in [-0.05, 0) is 43.9 Å². The normalized spacial score (nSPS) is 11.6. The first-order valence-electron chi connectivity index (χ1n) is 13.3. The summed E-state index contributed by atoms with van der Waals surface area (Å²) in [6.07, 6.45) is 3.06. The molecule has 11 heteroatoms. The lowest BCUT2D eigenvalue weighted by molar-refractivity contribution is 0.0395. The largest absolute Gasteiger partial charge is 0.519 e. The number of benzene rings is 2. The number of hydrogen-bond donors (Lipinski definition) is 2. The van der Waals surface area contributed by atoms with Gasteiger partial charge < -0.3 is 23.2 Å². The van der Waals surface area contributed by atoms with Crippen molar-refractivity contribution in [3.63, 3.8) is 0 Å². The van der Waals surface area contributed by atoms with Gasteiger partial charge in [-0.1, -0.05) is 55.5 Å². The number of imidazole rings is 1. The van der Waals surface area contributed by atoms with E-state index in [4.69, 9.17) is 13.6 Å². The standard InChI is InChI=1S/C30H31N5O6/c1-5-8-25-32-27(30(3,4)38)26(28(36)39-17-24-18(2)40-29(37)41-24)35(25)16-19-11-13-20(14-12-19)21-9-6-7-10-22(21)23-15-31-34-33-23/h6-7,9-15,38H,5,8,16-17H2,1-4H3,(H,31,33,34). The predicted molar refractivity (Wildman–Crippen MR) is 149 cm³/mol. The van der Waals surface area contributed by atoms with Crippen LogP contribution in [0.15, 0.2) is 68.4 Å². The van der Waals surface area contributed by atoms with Gasteiger partial charge in [-0.15, -0.1) is 0 Å². The predicted octanol–water partition coefficient (Wildman–Crippen LogP) is 4.78. The van der Waals surface area contributed by atoms with Gasteiger partial charge in [-0.2, -0.15) is 15.4 Å². The molecule has 11 nitrogen and oxygen atoms in total. The average Bonchev–Trinajstić information content (AvgIpc) is 3.67. The van der Waals surface area contributed by atoms with Gasteiger partial charge in [-0.3, -0.25) is 0 Å². The molecule has 0 aliphatic carbocycles. The summed E-state index contributed by atoms with van der Waals surface area (Å²) in [5.41, 5.74) is 3.60. The van der Waals surface area contributed by atoms with Crippen molar-refractivity contribution in [3.05, 3.63) is 99.6 Å². The van der Waals surface area contributed by atoms with E-state index in [2.05, 4.69) is 20.4 Å². The molecule has 0 aliphatic rings. The number of hydrogen-bond acceptors (Lipinski definition) is 9. The Morgan fingerprint density at radius 2 is 1.83 bits per heavy atom. The van der Waals surface area contributed by atoms with Crippen LogP contribution in [0.2, 0.25) is 0 Å². The van der Waals surface area contributed by atoms with Crippen molar-refractivity contribution in [2.75, 3.05) is 0 Å². The highest BCUT2D eigenvalue weighted by Crippen LogP contribution is 2.31. The summed E-state index contributed by atoms with van der Waals surface area (Å²) in [6.45, 7) is 6.75. The van der Waals surface area contributed by atoms with Crippen molar-refractivity contribution in [1.29, 1.82) is 0 Å². The number of nitrogens with zero attached hydrogens (tertiary/aromatic N) is 4. The number of carbonyl (C=O) groups excluding carboxylic acids is 1. The number of esters is 1. The molecule has 0 radical (unpaired) electrons. The molecule has 0 saturated heterocycles. The van der Waals surface area contributed by atoms with Gasteiger partial charge in [0.2, 0.25) is 0 Å². The van der Waals surface area contributed by atoms with Crippen LogP contribution in [0.4, 0.5) is 0 Å². The number of aromatic nitrogens is 5. The zero-order valence-electron chi connectivity index (χ0n) is 23.3. The summed E-state index contributed by atoms with van der Waals surface area (Å²) in [5, 5.41) is 21.7. The SMILES string of the molecule is CCCc1nc(C(C)(C)O)c(C(=O)OCc2oc(=O)oc2C)n1Cc1ccc(-c2ccccc2-c2cn[nH]n2)cc1. The summed E-state index contributed by atoms with van der Waals surface area (Å²) in [5.74, 6) is -0.556. The second-order valence-electron chi connectivity index (χ2n) is 10.2. The molecule has 5 rings (SSSR count). The molecule has 212 valence electrons. The fraction of sp³-hybridized carbons (Fsp3) is 0.300. The molecule has 41 heavy (non-hydrogen) atoms.